The van der Waals surface area contributed by atoms with E-state index in [1.54, 1.807) is 0 Å². The van der Waals surface area contributed by atoms with Crippen LogP contribution in [0.4, 0.5) is 0 Å². The molecule has 2 heteroatoms. The van der Waals surface area contributed by atoms with Crippen molar-refractivity contribution in [2.45, 2.75) is 46.6 Å². The molecule has 0 atom stereocenters. The Morgan fingerprint density at radius 1 is 1.07 bits per heavy atom. The van der Waals surface area contributed by atoms with Crippen molar-refractivity contribution in [1.29, 1.82) is 0 Å². The summed E-state index contributed by atoms with van der Waals surface area (Å²) in [6.45, 7) is 13.6. The SMILES string of the molecule is CC(C)COC1CCN(CC(C)C)CC1. The van der Waals surface area contributed by atoms with Crippen molar-refractivity contribution in [3.63, 3.8) is 0 Å². The number of nitrogens with zero attached hydrogens (tertiary/aromatic N) is 1. The molecule has 0 N–H and O–H groups in total. The van der Waals surface area contributed by atoms with Gasteiger partial charge in [0, 0.05) is 26.2 Å². The summed E-state index contributed by atoms with van der Waals surface area (Å²) in [5.74, 6) is 1.46. The molecule has 1 aliphatic rings. The predicted molar refractivity (Wildman–Crippen MR) is 65.1 cm³/mol. The van der Waals surface area contributed by atoms with Crippen molar-refractivity contribution in [3.8, 4) is 0 Å². The summed E-state index contributed by atoms with van der Waals surface area (Å²) in [6.07, 6.45) is 2.97. The van der Waals surface area contributed by atoms with Gasteiger partial charge in [0.05, 0.1) is 6.10 Å². The van der Waals surface area contributed by atoms with E-state index >= 15 is 0 Å². The van der Waals surface area contributed by atoms with Gasteiger partial charge in [-0.15, -0.1) is 0 Å². The molecule has 0 saturated carbocycles. The zero-order valence-corrected chi connectivity index (χ0v) is 10.8. The zero-order valence-electron chi connectivity index (χ0n) is 10.8. The van der Waals surface area contributed by atoms with Gasteiger partial charge in [-0.3, -0.25) is 0 Å². The quantitative estimate of drug-likeness (QED) is 0.696. The lowest BCUT2D eigenvalue weighted by atomic mass is 10.1. The highest BCUT2D eigenvalue weighted by Crippen LogP contribution is 2.15. The molecular formula is C13H27NO. The third-order valence-corrected chi connectivity index (χ3v) is 2.82. The first-order valence-corrected chi connectivity index (χ1v) is 6.42. The van der Waals surface area contributed by atoms with E-state index in [1.807, 2.05) is 0 Å². The first kappa shape index (κ1) is 13.0. The lowest BCUT2D eigenvalue weighted by Gasteiger charge is -2.33. The first-order chi connectivity index (χ1) is 7.08. The first-order valence-electron chi connectivity index (χ1n) is 6.42. The van der Waals surface area contributed by atoms with Crippen LogP contribution in [0, 0.1) is 11.8 Å². The Morgan fingerprint density at radius 2 is 1.67 bits per heavy atom. The molecule has 0 aromatic rings. The molecule has 0 aromatic carbocycles. The van der Waals surface area contributed by atoms with Crippen LogP contribution in [0.5, 0.6) is 0 Å². The van der Waals surface area contributed by atoms with E-state index < -0.39 is 0 Å². The van der Waals surface area contributed by atoms with Gasteiger partial charge in [-0.25, -0.2) is 0 Å². The number of rotatable bonds is 5. The highest BCUT2D eigenvalue weighted by molar-refractivity contribution is 4.73. The van der Waals surface area contributed by atoms with Crippen LogP contribution in [0.25, 0.3) is 0 Å². The standard InChI is InChI=1S/C13H27NO/c1-11(2)9-14-7-5-13(6-8-14)15-10-12(3)4/h11-13H,5-10H2,1-4H3. The van der Waals surface area contributed by atoms with Gasteiger partial charge in [0.1, 0.15) is 0 Å². The Labute approximate surface area is 95.0 Å². The van der Waals surface area contributed by atoms with Gasteiger partial charge in [0.25, 0.3) is 0 Å². The van der Waals surface area contributed by atoms with Gasteiger partial charge in [-0.2, -0.15) is 0 Å². The highest BCUT2D eigenvalue weighted by atomic mass is 16.5. The van der Waals surface area contributed by atoms with Gasteiger partial charge >= 0.3 is 0 Å². The van der Waals surface area contributed by atoms with E-state index in [0.717, 1.165) is 12.5 Å². The smallest absolute Gasteiger partial charge is 0.0599 e. The molecule has 2 nitrogen and oxygen atoms in total. The Hall–Kier alpha value is -0.0800. The van der Waals surface area contributed by atoms with Crippen LogP contribution in [0.2, 0.25) is 0 Å². The number of hydrogen-bond acceptors (Lipinski definition) is 2. The maximum absolute atomic E-state index is 5.87. The van der Waals surface area contributed by atoms with Gasteiger partial charge in [0.15, 0.2) is 0 Å². The molecule has 1 aliphatic heterocycles. The van der Waals surface area contributed by atoms with E-state index in [1.165, 1.54) is 32.5 Å². The molecule has 0 radical (unpaired) electrons. The lowest BCUT2D eigenvalue weighted by molar-refractivity contribution is -0.00613. The zero-order chi connectivity index (χ0) is 11.3. The topological polar surface area (TPSA) is 12.5 Å². The number of hydrogen-bond donors (Lipinski definition) is 0. The van der Waals surface area contributed by atoms with Crippen LogP contribution in [0.15, 0.2) is 0 Å². The molecule has 15 heavy (non-hydrogen) atoms. The van der Waals surface area contributed by atoms with E-state index in [9.17, 15) is 0 Å². The van der Waals surface area contributed by atoms with Crippen molar-refractivity contribution in [2.24, 2.45) is 11.8 Å². The van der Waals surface area contributed by atoms with Crippen molar-refractivity contribution >= 4 is 0 Å². The molecule has 0 aliphatic carbocycles. The Balaban J connectivity index is 2.12. The van der Waals surface area contributed by atoms with Crippen molar-refractivity contribution < 1.29 is 4.74 Å². The fourth-order valence-corrected chi connectivity index (χ4v) is 2.10. The van der Waals surface area contributed by atoms with Crippen LogP contribution in [0.1, 0.15) is 40.5 Å². The second-order valence-corrected chi connectivity index (χ2v) is 5.62. The molecule has 1 saturated heterocycles. The summed E-state index contributed by atoms with van der Waals surface area (Å²) in [6, 6.07) is 0. The summed E-state index contributed by atoms with van der Waals surface area (Å²) in [4.78, 5) is 2.57. The summed E-state index contributed by atoms with van der Waals surface area (Å²) >= 11 is 0. The Kier molecular flexibility index (Phi) is 5.62. The number of ether oxygens (including phenoxy) is 1. The average Bonchev–Trinajstić information content (AvgIpc) is 2.16. The Bertz CT molecular complexity index is 160. The fourth-order valence-electron chi connectivity index (χ4n) is 2.10. The Morgan fingerprint density at radius 3 is 2.13 bits per heavy atom. The van der Waals surface area contributed by atoms with Crippen LogP contribution in [-0.2, 0) is 4.74 Å². The summed E-state index contributed by atoms with van der Waals surface area (Å²) in [5.41, 5.74) is 0. The van der Waals surface area contributed by atoms with E-state index in [2.05, 4.69) is 32.6 Å². The maximum atomic E-state index is 5.87. The molecule has 0 bridgehead atoms. The average molecular weight is 213 g/mol. The van der Waals surface area contributed by atoms with E-state index in [0.29, 0.717) is 12.0 Å². The van der Waals surface area contributed by atoms with E-state index in [-0.39, 0.29) is 0 Å². The molecule has 1 rings (SSSR count). The fraction of sp³-hybridized carbons (Fsp3) is 1.00. The van der Waals surface area contributed by atoms with Gasteiger partial charge in [0.2, 0.25) is 0 Å². The van der Waals surface area contributed by atoms with Gasteiger partial charge < -0.3 is 9.64 Å². The molecule has 0 amide bonds. The minimum Gasteiger partial charge on any atom is -0.378 e. The van der Waals surface area contributed by atoms with Crippen molar-refractivity contribution in [2.75, 3.05) is 26.2 Å². The molecule has 0 unspecified atom stereocenters. The lowest BCUT2D eigenvalue weighted by Crippen LogP contribution is -2.39. The van der Waals surface area contributed by atoms with Gasteiger partial charge in [-0.1, -0.05) is 27.7 Å². The number of likely N-dealkylation sites (tertiary alicyclic amines) is 1. The third-order valence-electron chi connectivity index (χ3n) is 2.82. The minimum absolute atomic E-state index is 0.524. The third kappa shape index (κ3) is 5.53. The van der Waals surface area contributed by atoms with Crippen LogP contribution in [-0.4, -0.2) is 37.2 Å². The normalized spacial score (nSPS) is 20.4. The molecule has 1 fully saturated rings. The minimum atomic E-state index is 0.524. The molecule has 90 valence electrons. The molecular weight excluding hydrogens is 186 g/mol. The summed E-state index contributed by atoms with van der Waals surface area (Å²) in [7, 11) is 0. The maximum Gasteiger partial charge on any atom is 0.0599 e. The predicted octanol–water partition coefficient (Wildman–Crippen LogP) is 2.78. The van der Waals surface area contributed by atoms with Gasteiger partial charge in [-0.05, 0) is 24.7 Å². The molecule has 1 heterocycles. The monoisotopic (exact) mass is 213 g/mol. The van der Waals surface area contributed by atoms with E-state index in [4.69, 9.17) is 4.74 Å². The number of piperidine rings is 1. The molecule has 0 aromatic heterocycles. The van der Waals surface area contributed by atoms with Crippen LogP contribution >= 0.6 is 0 Å². The second kappa shape index (κ2) is 6.49. The highest BCUT2D eigenvalue weighted by Gasteiger charge is 2.19. The van der Waals surface area contributed by atoms with Crippen LogP contribution < -0.4 is 0 Å². The van der Waals surface area contributed by atoms with Crippen molar-refractivity contribution in [1.82, 2.24) is 4.90 Å². The largest absolute Gasteiger partial charge is 0.378 e. The summed E-state index contributed by atoms with van der Waals surface area (Å²) < 4.78 is 5.87. The molecule has 0 spiro atoms. The van der Waals surface area contributed by atoms with Crippen molar-refractivity contribution in [3.05, 3.63) is 0 Å². The second-order valence-electron chi connectivity index (χ2n) is 5.62. The summed E-state index contributed by atoms with van der Waals surface area (Å²) in [5, 5.41) is 0. The van der Waals surface area contributed by atoms with Crippen LogP contribution in [0.3, 0.4) is 0 Å².